The minimum absolute atomic E-state index is 0.0739. The summed E-state index contributed by atoms with van der Waals surface area (Å²) in [5.74, 6) is 0. The van der Waals surface area contributed by atoms with Gasteiger partial charge < -0.3 is 0 Å². The average Bonchev–Trinajstić information content (AvgIpc) is 3.25. The fraction of sp³-hybridized carbons (Fsp3) is 0.375. The number of nitro benzene ring substituents is 1. The molecule has 0 amide bonds. The van der Waals surface area contributed by atoms with Gasteiger partial charge in [-0.05, 0) is 41.3 Å². The summed E-state index contributed by atoms with van der Waals surface area (Å²) >= 11 is 1.61. The Labute approximate surface area is 144 Å². The molecule has 8 heteroatoms. The predicted molar refractivity (Wildman–Crippen MR) is 92.7 cm³/mol. The fourth-order valence-electron chi connectivity index (χ4n) is 3.27. The number of nitro groups is 1. The first-order valence-electron chi connectivity index (χ1n) is 7.70. The highest BCUT2D eigenvalue weighted by Crippen LogP contribution is 2.41. The first kappa shape index (κ1) is 17.1. The van der Waals surface area contributed by atoms with Crippen molar-refractivity contribution in [1.29, 1.82) is 0 Å². The average molecular weight is 366 g/mol. The molecular formula is C16H18N2O4S2. The molecule has 1 aromatic carbocycles. The van der Waals surface area contributed by atoms with E-state index in [0.29, 0.717) is 6.54 Å². The SMILES string of the molecule is O=[N+]([O-])c1cccc(S(=O)(=O)NCC2(c3ccsc3)CCCC2)c1. The molecule has 0 spiro atoms. The molecule has 1 aliphatic rings. The summed E-state index contributed by atoms with van der Waals surface area (Å²) in [6.07, 6.45) is 4.05. The summed E-state index contributed by atoms with van der Waals surface area (Å²) in [7, 11) is -3.78. The van der Waals surface area contributed by atoms with Crippen LogP contribution in [0.15, 0.2) is 46.0 Å². The van der Waals surface area contributed by atoms with E-state index < -0.39 is 14.9 Å². The Morgan fingerprint density at radius 3 is 2.62 bits per heavy atom. The van der Waals surface area contributed by atoms with E-state index in [2.05, 4.69) is 16.2 Å². The molecule has 1 saturated carbocycles. The van der Waals surface area contributed by atoms with E-state index in [1.807, 2.05) is 5.38 Å². The summed E-state index contributed by atoms with van der Waals surface area (Å²) in [4.78, 5) is 10.2. The molecule has 128 valence electrons. The molecule has 0 atom stereocenters. The zero-order valence-electron chi connectivity index (χ0n) is 13.0. The maximum absolute atomic E-state index is 12.5. The van der Waals surface area contributed by atoms with Crippen LogP contribution in [0.1, 0.15) is 31.2 Å². The summed E-state index contributed by atoms with van der Waals surface area (Å²) in [5, 5.41) is 14.9. The molecule has 0 radical (unpaired) electrons. The lowest BCUT2D eigenvalue weighted by Crippen LogP contribution is -2.38. The molecule has 3 rings (SSSR count). The molecular weight excluding hydrogens is 348 g/mol. The second kappa shape index (κ2) is 6.62. The van der Waals surface area contributed by atoms with Crippen molar-refractivity contribution in [1.82, 2.24) is 4.72 Å². The van der Waals surface area contributed by atoms with Crippen molar-refractivity contribution in [3.63, 3.8) is 0 Å². The van der Waals surface area contributed by atoms with Crippen LogP contribution >= 0.6 is 11.3 Å². The number of hydrogen-bond acceptors (Lipinski definition) is 5. The Hall–Kier alpha value is -1.77. The lowest BCUT2D eigenvalue weighted by atomic mass is 9.81. The molecule has 2 aromatic rings. The molecule has 0 saturated heterocycles. The molecule has 6 nitrogen and oxygen atoms in total. The lowest BCUT2D eigenvalue weighted by Gasteiger charge is -2.28. The third-order valence-electron chi connectivity index (χ3n) is 4.63. The van der Waals surface area contributed by atoms with Gasteiger partial charge >= 0.3 is 0 Å². The van der Waals surface area contributed by atoms with E-state index in [9.17, 15) is 18.5 Å². The monoisotopic (exact) mass is 366 g/mol. The highest BCUT2D eigenvalue weighted by atomic mass is 32.2. The third kappa shape index (κ3) is 3.35. The Morgan fingerprint density at radius 2 is 2.00 bits per heavy atom. The van der Waals surface area contributed by atoms with Crippen LogP contribution < -0.4 is 4.72 Å². The van der Waals surface area contributed by atoms with Gasteiger partial charge in [0.05, 0.1) is 9.82 Å². The molecule has 1 aliphatic carbocycles. The Kier molecular flexibility index (Phi) is 4.71. The van der Waals surface area contributed by atoms with E-state index in [1.165, 1.54) is 23.8 Å². The van der Waals surface area contributed by atoms with Crippen molar-refractivity contribution in [2.24, 2.45) is 0 Å². The standard InChI is InChI=1S/C16H18N2O4S2/c19-18(20)14-4-3-5-15(10-14)24(21,22)17-12-16(7-1-2-8-16)13-6-9-23-11-13/h3-6,9-11,17H,1-2,7-8,12H2. The van der Waals surface area contributed by atoms with Gasteiger partial charge in [-0.25, -0.2) is 13.1 Å². The molecule has 1 heterocycles. The van der Waals surface area contributed by atoms with E-state index in [-0.39, 0.29) is 16.0 Å². The van der Waals surface area contributed by atoms with Gasteiger partial charge in [0.15, 0.2) is 0 Å². The quantitative estimate of drug-likeness (QED) is 0.626. The lowest BCUT2D eigenvalue weighted by molar-refractivity contribution is -0.385. The molecule has 24 heavy (non-hydrogen) atoms. The van der Waals surface area contributed by atoms with Gasteiger partial charge in [0.1, 0.15) is 0 Å². The summed E-state index contributed by atoms with van der Waals surface area (Å²) in [6.45, 7) is 0.314. The molecule has 0 unspecified atom stereocenters. The van der Waals surface area contributed by atoms with Crippen LogP contribution in [0, 0.1) is 10.1 Å². The third-order valence-corrected chi connectivity index (χ3v) is 6.72. The first-order chi connectivity index (χ1) is 11.4. The number of nitrogens with one attached hydrogen (secondary N) is 1. The fourth-order valence-corrected chi connectivity index (χ4v) is 5.21. The smallest absolute Gasteiger partial charge is 0.258 e. The van der Waals surface area contributed by atoms with Crippen LogP contribution in [-0.4, -0.2) is 19.9 Å². The van der Waals surface area contributed by atoms with Crippen molar-refractivity contribution in [3.05, 3.63) is 56.8 Å². The van der Waals surface area contributed by atoms with Crippen LogP contribution in [0.3, 0.4) is 0 Å². The minimum atomic E-state index is -3.78. The zero-order valence-corrected chi connectivity index (χ0v) is 14.6. The van der Waals surface area contributed by atoms with Crippen LogP contribution in [-0.2, 0) is 15.4 Å². The predicted octanol–water partition coefficient (Wildman–Crippen LogP) is 3.45. The normalized spacial score (nSPS) is 17.0. The van der Waals surface area contributed by atoms with Crippen molar-refractivity contribution < 1.29 is 13.3 Å². The largest absolute Gasteiger partial charge is 0.270 e. The van der Waals surface area contributed by atoms with Gasteiger partial charge in [-0.2, -0.15) is 11.3 Å². The summed E-state index contributed by atoms with van der Waals surface area (Å²) < 4.78 is 27.8. The maximum atomic E-state index is 12.5. The van der Waals surface area contributed by atoms with Crippen molar-refractivity contribution in [3.8, 4) is 0 Å². The molecule has 1 aromatic heterocycles. The topological polar surface area (TPSA) is 89.3 Å². The highest BCUT2D eigenvalue weighted by Gasteiger charge is 2.37. The van der Waals surface area contributed by atoms with Crippen molar-refractivity contribution in [2.45, 2.75) is 36.0 Å². The zero-order chi connectivity index (χ0) is 17.2. The number of non-ortho nitro benzene ring substituents is 1. The van der Waals surface area contributed by atoms with Crippen LogP contribution in [0.5, 0.6) is 0 Å². The minimum Gasteiger partial charge on any atom is -0.258 e. The van der Waals surface area contributed by atoms with Crippen LogP contribution in [0.25, 0.3) is 0 Å². The number of hydrogen-bond donors (Lipinski definition) is 1. The first-order valence-corrected chi connectivity index (χ1v) is 10.1. The molecule has 1 fully saturated rings. The van der Waals surface area contributed by atoms with E-state index in [1.54, 1.807) is 11.3 Å². The van der Waals surface area contributed by atoms with Gasteiger partial charge in [-0.15, -0.1) is 0 Å². The van der Waals surface area contributed by atoms with Crippen molar-refractivity contribution in [2.75, 3.05) is 6.54 Å². The van der Waals surface area contributed by atoms with Crippen molar-refractivity contribution >= 4 is 27.0 Å². The summed E-state index contributed by atoms with van der Waals surface area (Å²) in [6, 6.07) is 7.19. The van der Waals surface area contributed by atoms with Crippen LogP contribution in [0.4, 0.5) is 5.69 Å². The van der Waals surface area contributed by atoms with Gasteiger partial charge in [-0.1, -0.05) is 18.9 Å². The highest BCUT2D eigenvalue weighted by molar-refractivity contribution is 7.89. The van der Waals surface area contributed by atoms with Gasteiger partial charge in [0.25, 0.3) is 5.69 Å². The number of rotatable bonds is 6. The van der Waals surface area contributed by atoms with Gasteiger partial charge in [0, 0.05) is 24.1 Å². The number of sulfonamides is 1. The Bertz CT molecular complexity index is 826. The molecule has 1 N–H and O–H groups in total. The van der Waals surface area contributed by atoms with E-state index in [4.69, 9.17) is 0 Å². The molecule has 0 aliphatic heterocycles. The molecule has 0 bridgehead atoms. The van der Waals surface area contributed by atoms with E-state index >= 15 is 0 Å². The maximum Gasteiger partial charge on any atom is 0.270 e. The van der Waals surface area contributed by atoms with Gasteiger partial charge in [0.2, 0.25) is 10.0 Å². The van der Waals surface area contributed by atoms with Crippen LogP contribution in [0.2, 0.25) is 0 Å². The summed E-state index contributed by atoms with van der Waals surface area (Å²) in [5.41, 5.74) is 0.770. The second-order valence-electron chi connectivity index (χ2n) is 6.08. The van der Waals surface area contributed by atoms with E-state index in [0.717, 1.165) is 31.7 Å². The number of benzene rings is 1. The number of thiophene rings is 1. The Balaban J connectivity index is 1.82. The second-order valence-corrected chi connectivity index (χ2v) is 8.63. The number of nitrogens with zero attached hydrogens (tertiary/aromatic N) is 1. The van der Waals surface area contributed by atoms with Gasteiger partial charge in [-0.3, -0.25) is 10.1 Å². The Morgan fingerprint density at radius 1 is 1.25 bits per heavy atom.